The topological polar surface area (TPSA) is 89.1 Å². The lowest BCUT2D eigenvalue weighted by molar-refractivity contribution is -0.138. The van der Waals surface area contributed by atoms with E-state index in [0.29, 0.717) is 22.6 Å². The van der Waals surface area contributed by atoms with E-state index in [2.05, 4.69) is 29.2 Å². The zero-order chi connectivity index (χ0) is 22.3. The maximum Gasteiger partial charge on any atom is 0.320 e. The minimum Gasteiger partial charge on any atom is -0.480 e. The Balaban J connectivity index is 0.00000259. The summed E-state index contributed by atoms with van der Waals surface area (Å²) in [4.78, 5) is 21.2. The van der Waals surface area contributed by atoms with Crippen LogP contribution in [0.5, 0.6) is 0 Å². The predicted octanol–water partition coefficient (Wildman–Crippen LogP) is 5.34. The molecule has 1 atom stereocenters. The van der Waals surface area contributed by atoms with Gasteiger partial charge in [0.25, 0.3) is 0 Å². The Hall–Kier alpha value is -2.87. The van der Waals surface area contributed by atoms with E-state index in [1.165, 1.54) is 23.0 Å². The third kappa shape index (κ3) is 4.49. The van der Waals surface area contributed by atoms with Crippen molar-refractivity contribution in [3.63, 3.8) is 0 Å². The van der Waals surface area contributed by atoms with Crippen molar-refractivity contribution in [1.82, 2.24) is 9.97 Å². The lowest BCUT2D eigenvalue weighted by Crippen LogP contribution is -2.30. The molecule has 1 unspecified atom stereocenters. The van der Waals surface area contributed by atoms with E-state index < -0.39 is 12.0 Å². The van der Waals surface area contributed by atoms with Gasteiger partial charge in [-0.25, -0.2) is 14.4 Å². The SMILES string of the molecule is Cl.NC(CCc1ccc(-c2nc3ccc(C4(c5ccccc5)CC4)nc3s2)c(F)c1)C(=O)O. The van der Waals surface area contributed by atoms with Crippen molar-refractivity contribution in [1.29, 1.82) is 0 Å². The molecule has 0 bridgehead atoms. The number of carboxylic acid groups (broad SMARTS) is 1. The molecule has 2 aromatic heterocycles. The fourth-order valence-electron chi connectivity index (χ4n) is 4.11. The fourth-order valence-corrected chi connectivity index (χ4v) is 5.07. The minimum absolute atomic E-state index is 0. The van der Waals surface area contributed by atoms with Gasteiger partial charge in [-0.05, 0) is 61.1 Å². The van der Waals surface area contributed by atoms with E-state index in [9.17, 15) is 9.18 Å². The number of aliphatic carboxylic acids is 1. The lowest BCUT2D eigenvalue weighted by atomic mass is 9.92. The summed E-state index contributed by atoms with van der Waals surface area (Å²) < 4.78 is 14.8. The second kappa shape index (κ2) is 9.17. The minimum atomic E-state index is -1.05. The third-order valence-electron chi connectivity index (χ3n) is 6.15. The van der Waals surface area contributed by atoms with Crippen LogP contribution in [0.2, 0.25) is 0 Å². The summed E-state index contributed by atoms with van der Waals surface area (Å²) in [6, 6.07) is 18.4. The smallest absolute Gasteiger partial charge is 0.320 e. The molecular formula is C25H23ClFN3O2S. The van der Waals surface area contributed by atoms with Gasteiger partial charge in [-0.2, -0.15) is 0 Å². The van der Waals surface area contributed by atoms with Gasteiger partial charge in [-0.3, -0.25) is 4.79 Å². The summed E-state index contributed by atoms with van der Waals surface area (Å²) in [5.74, 6) is -1.43. The van der Waals surface area contributed by atoms with Crippen LogP contribution in [-0.2, 0) is 16.6 Å². The highest BCUT2D eigenvalue weighted by Crippen LogP contribution is 2.53. The Bertz CT molecular complexity index is 1310. The first-order valence-corrected chi connectivity index (χ1v) is 11.4. The quantitative estimate of drug-likeness (QED) is 0.370. The maximum absolute atomic E-state index is 14.8. The Morgan fingerprint density at radius 3 is 2.55 bits per heavy atom. The first-order valence-electron chi connectivity index (χ1n) is 10.6. The Kier molecular flexibility index (Phi) is 6.47. The molecule has 0 radical (unpaired) electrons. The van der Waals surface area contributed by atoms with Crippen molar-refractivity contribution in [3.05, 3.63) is 83.3 Å². The van der Waals surface area contributed by atoms with Crippen LogP contribution in [0, 0.1) is 5.82 Å². The number of rotatable bonds is 7. The molecule has 0 spiro atoms. The number of thiazole rings is 1. The van der Waals surface area contributed by atoms with Gasteiger partial charge in [0.1, 0.15) is 27.2 Å². The summed E-state index contributed by atoms with van der Waals surface area (Å²) >= 11 is 1.39. The number of halogens is 2. The average molecular weight is 484 g/mol. The highest BCUT2D eigenvalue weighted by Gasteiger charge is 2.47. The molecule has 1 fully saturated rings. The third-order valence-corrected chi connectivity index (χ3v) is 7.15. The van der Waals surface area contributed by atoms with E-state index in [0.717, 1.165) is 28.9 Å². The number of carboxylic acids is 1. The number of nitrogens with zero attached hydrogens (tertiary/aromatic N) is 2. The van der Waals surface area contributed by atoms with Crippen LogP contribution in [0.1, 0.15) is 36.1 Å². The van der Waals surface area contributed by atoms with Gasteiger partial charge in [0.15, 0.2) is 0 Å². The van der Waals surface area contributed by atoms with Crippen LogP contribution in [0.15, 0.2) is 60.7 Å². The number of pyridine rings is 1. The first kappa shape index (κ1) is 23.3. The van der Waals surface area contributed by atoms with E-state index in [1.807, 2.05) is 18.2 Å². The van der Waals surface area contributed by atoms with Gasteiger partial charge in [-0.15, -0.1) is 12.4 Å². The van der Waals surface area contributed by atoms with Gasteiger partial charge >= 0.3 is 5.97 Å². The second-order valence-electron chi connectivity index (χ2n) is 8.29. The number of aryl methyl sites for hydroxylation is 1. The van der Waals surface area contributed by atoms with Crippen molar-refractivity contribution >= 4 is 40.1 Å². The van der Waals surface area contributed by atoms with Crippen molar-refractivity contribution in [3.8, 4) is 10.6 Å². The summed E-state index contributed by atoms with van der Waals surface area (Å²) in [6.45, 7) is 0. The van der Waals surface area contributed by atoms with Crippen molar-refractivity contribution in [2.24, 2.45) is 5.73 Å². The standard InChI is InChI=1S/C25H22FN3O2S.ClH/c26-18-14-15(7-9-19(27)24(30)31)6-8-17(18)22-28-20-10-11-21(29-23(20)32-22)25(12-13-25)16-4-2-1-3-5-16;/h1-6,8,10-11,14,19H,7,9,12-13,27H2,(H,30,31);1H. The van der Waals surface area contributed by atoms with Crippen LogP contribution in [0.4, 0.5) is 4.39 Å². The number of benzene rings is 2. The monoisotopic (exact) mass is 483 g/mol. The molecule has 2 aromatic carbocycles. The molecule has 1 aliphatic rings. The molecule has 0 aliphatic heterocycles. The van der Waals surface area contributed by atoms with Crippen molar-refractivity contribution < 1.29 is 14.3 Å². The molecule has 1 aliphatic carbocycles. The molecule has 5 rings (SSSR count). The molecule has 3 N–H and O–H groups in total. The fraction of sp³-hybridized carbons (Fsp3) is 0.240. The van der Waals surface area contributed by atoms with E-state index in [4.69, 9.17) is 15.8 Å². The number of nitrogens with two attached hydrogens (primary N) is 1. The maximum atomic E-state index is 14.8. The van der Waals surface area contributed by atoms with Crippen molar-refractivity contribution in [2.75, 3.05) is 0 Å². The number of hydrogen-bond donors (Lipinski definition) is 2. The predicted molar refractivity (Wildman–Crippen MR) is 130 cm³/mol. The summed E-state index contributed by atoms with van der Waals surface area (Å²) in [5, 5.41) is 9.49. The van der Waals surface area contributed by atoms with E-state index in [-0.39, 0.29) is 30.1 Å². The molecular weight excluding hydrogens is 461 g/mol. The number of fused-ring (bicyclic) bond motifs is 1. The largest absolute Gasteiger partial charge is 0.480 e. The molecule has 33 heavy (non-hydrogen) atoms. The second-order valence-corrected chi connectivity index (χ2v) is 9.26. The lowest BCUT2D eigenvalue weighted by Gasteiger charge is -2.14. The summed E-state index contributed by atoms with van der Waals surface area (Å²) in [5.41, 5.74) is 9.73. The first-order chi connectivity index (χ1) is 15.5. The van der Waals surface area contributed by atoms with Crippen molar-refractivity contribution in [2.45, 2.75) is 37.1 Å². The zero-order valence-electron chi connectivity index (χ0n) is 17.7. The van der Waals surface area contributed by atoms with Gasteiger partial charge < -0.3 is 10.8 Å². The molecule has 5 nitrogen and oxygen atoms in total. The normalized spacial score (nSPS) is 15.1. The molecule has 2 heterocycles. The van der Waals surface area contributed by atoms with Gasteiger partial charge in [0.2, 0.25) is 0 Å². The van der Waals surface area contributed by atoms with Crippen LogP contribution in [0.25, 0.3) is 20.9 Å². The molecule has 170 valence electrons. The summed E-state index contributed by atoms with van der Waals surface area (Å²) in [6.07, 6.45) is 2.80. The van der Waals surface area contributed by atoms with E-state index >= 15 is 0 Å². The average Bonchev–Trinajstić information content (AvgIpc) is 3.51. The van der Waals surface area contributed by atoms with Crippen LogP contribution in [-0.4, -0.2) is 27.1 Å². The molecule has 0 amide bonds. The van der Waals surface area contributed by atoms with Crippen LogP contribution in [0.3, 0.4) is 0 Å². The number of carbonyl (C=O) groups is 1. The molecule has 4 aromatic rings. The molecule has 0 saturated heterocycles. The highest BCUT2D eigenvalue weighted by atomic mass is 35.5. The van der Waals surface area contributed by atoms with Gasteiger partial charge in [0, 0.05) is 11.0 Å². The van der Waals surface area contributed by atoms with E-state index in [1.54, 1.807) is 12.1 Å². The number of aromatic nitrogens is 2. The van der Waals surface area contributed by atoms with Crippen LogP contribution >= 0.6 is 23.7 Å². The zero-order valence-corrected chi connectivity index (χ0v) is 19.3. The highest BCUT2D eigenvalue weighted by molar-refractivity contribution is 7.21. The summed E-state index contributed by atoms with van der Waals surface area (Å²) in [7, 11) is 0. The Labute approximate surface area is 200 Å². The van der Waals surface area contributed by atoms with Crippen LogP contribution < -0.4 is 5.73 Å². The van der Waals surface area contributed by atoms with Gasteiger partial charge in [-0.1, -0.05) is 47.7 Å². The Morgan fingerprint density at radius 2 is 1.88 bits per heavy atom. The number of hydrogen-bond acceptors (Lipinski definition) is 5. The molecule has 1 saturated carbocycles. The van der Waals surface area contributed by atoms with Gasteiger partial charge in [0.05, 0.1) is 5.69 Å². The molecule has 8 heteroatoms. The Morgan fingerprint density at radius 1 is 1.12 bits per heavy atom.